The van der Waals surface area contributed by atoms with Crippen molar-refractivity contribution in [2.45, 2.75) is 5.92 Å². The minimum Gasteiger partial charge on any atom is -0.440 e. The molecule has 4 nitrogen and oxygen atoms in total. The van der Waals surface area contributed by atoms with Crippen molar-refractivity contribution in [1.82, 2.24) is 4.90 Å². The maximum Gasteiger partial charge on any atom is 0.205 e. The predicted molar refractivity (Wildman–Crippen MR) is 102 cm³/mol. The van der Waals surface area contributed by atoms with E-state index in [1.165, 1.54) is 0 Å². The highest BCUT2D eigenvalue weighted by Crippen LogP contribution is 2.43. The summed E-state index contributed by atoms with van der Waals surface area (Å²) in [5.41, 5.74) is 11.1. The first-order valence-corrected chi connectivity index (χ1v) is 9.80. The molecule has 2 aliphatic rings. The van der Waals surface area contributed by atoms with E-state index in [1.807, 2.05) is 5.38 Å². The molecule has 0 amide bonds. The molecule has 4 heterocycles. The van der Waals surface area contributed by atoms with Gasteiger partial charge in [-0.15, -0.1) is 0 Å². The monoisotopic (exact) mass is 367 g/mol. The summed E-state index contributed by atoms with van der Waals surface area (Å²) in [6.07, 6.45) is 2.15. The Kier molecular flexibility index (Phi) is 4.22. The third-order valence-corrected chi connectivity index (χ3v) is 5.86. The van der Waals surface area contributed by atoms with Gasteiger partial charge in [-0.05, 0) is 63.5 Å². The standard InChI is InChI=1S/C19H17N3OS2/c1-22-8-14(6-12-2-4-24-10-12)18-16(9-22)17(13-3-5-25-11-13)15(7-20)19(21)23-18/h2-6,10-11,17H,8-9,21H2,1H3/b14-6+. The molecule has 0 bridgehead atoms. The Morgan fingerprint density at radius 2 is 2.08 bits per heavy atom. The van der Waals surface area contributed by atoms with E-state index in [0.717, 1.165) is 41.1 Å². The molecule has 0 aromatic carbocycles. The number of thiophene rings is 2. The average Bonchev–Trinajstić information content (AvgIpc) is 3.28. The van der Waals surface area contributed by atoms with E-state index in [2.05, 4.69) is 52.4 Å². The van der Waals surface area contributed by atoms with Crippen LogP contribution in [0.1, 0.15) is 17.0 Å². The molecule has 0 radical (unpaired) electrons. The van der Waals surface area contributed by atoms with Gasteiger partial charge < -0.3 is 10.5 Å². The zero-order valence-electron chi connectivity index (χ0n) is 13.7. The summed E-state index contributed by atoms with van der Waals surface area (Å²) in [6.45, 7) is 1.55. The highest BCUT2D eigenvalue weighted by molar-refractivity contribution is 7.08. The smallest absolute Gasteiger partial charge is 0.205 e. The molecule has 126 valence electrons. The predicted octanol–water partition coefficient (Wildman–Crippen LogP) is 3.90. The summed E-state index contributed by atoms with van der Waals surface area (Å²) < 4.78 is 5.96. The van der Waals surface area contributed by atoms with Gasteiger partial charge in [0.25, 0.3) is 0 Å². The largest absolute Gasteiger partial charge is 0.440 e. The maximum absolute atomic E-state index is 9.65. The molecule has 0 spiro atoms. The minimum absolute atomic E-state index is 0.131. The molecule has 0 saturated heterocycles. The minimum atomic E-state index is -0.131. The van der Waals surface area contributed by atoms with Crippen LogP contribution in [-0.4, -0.2) is 25.0 Å². The van der Waals surface area contributed by atoms with Gasteiger partial charge in [-0.1, -0.05) is 0 Å². The lowest BCUT2D eigenvalue weighted by molar-refractivity contribution is 0.251. The molecule has 0 fully saturated rings. The molecule has 1 atom stereocenters. The van der Waals surface area contributed by atoms with Crippen LogP contribution in [0.25, 0.3) is 6.08 Å². The van der Waals surface area contributed by atoms with E-state index >= 15 is 0 Å². The third-order valence-electron chi connectivity index (χ3n) is 4.46. The molecule has 6 heteroatoms. The Balaban J connectivity index is 1.87. The Morgan fingerprint density at radius 3 is 2.76 bits per heavy atom. The number of likely N-dealkylation sites (N-methyl/N-ethyl adjacent to an activating group) is 1. The molecule has 0 aliphatic carbocycles. The summed E-state index contributed by atoms with van der Waals surface area (Å²) in [5, 5.41) is 17.9. The van der Waals surface area contributed by atoms with Gasteiger partial charge in [-0.25, -0.2) is 0 Å². The van der Waals surface area contributed by atoms with Crippen molar-refractivity contribution in [3.05, 3.63) is 73.1 Å². The third kappa shape index (κ3) is 2.91. The first kappa shape index (κ1) is 16.2. The number of hydrogen-bond donors (Lipinski definition) is 1. The lowest BCUT2D eigenvalue weighted by atomic mass is 9.81. The molecule has 0 saturated carbocycles. The number of ether oxygens (including phenoxy) is 1. The van der Waals surface area contributed by atoms with E-state index in [-0.39, 0.29) is 11.8 Å². The van der Waals surface area contributed by atoms with Gasteiger partial charge in [0, 0.05) is 18.7 Å². The zero-order chi connectivity index (χ0) is 17.4. The van der Waals surface area contributed by atoms with E-state index in [4.69, 9.17) is 10.5 Å². The van der Waals surface area contributed by atoms with Gasteiger partial charge >= 0.3 is 0 Å². The van der Waals surface area contributed by atoms with Gasteiger partial charge in [0.2, 0.25) is 5.88 Å². The molecule has 2 aliphatic heterocycles. The van der Waals surface area contributed by atoms with Gasteiger partial charge in [0.1, 0.15) is 17.4 Å². The van der Waals surface area contributed by atoms with Crippen LogP contribution in [0.15, 0.2) is 62.0 Å². The number of nitrogens with zero attached hydrogens (tertiary/aromatic N) is 2. The number of nitrogens with two attached hydrogens (primary N) is 1. The van der Waals surface area contributed by atoms with Gasteiger partial charge in [0.05, 0.1) is 5.92 Å². The normalized spacial score (nSPS) is 22.7. The summed E-state index contributed by atoms with van der Waals surface area (Å²) >= 11 is 3.30. The fraction of sp³-hybridized carbons (Fsp3) is 0.211. The van der Waals surface area contributed by atoms with Crippen LogP contribution in [0.4, 0.5) is 0 Å². The van der Waals surface area contributed by atoms with Gasteiger partial charge in [0.15, 0.2) is 0 Å². The molecule has 1 unspecified atom stereocenters. The maximum atomic E-state index is 9.65. The number of allylic oxidation sites excluding steroid dienone is 1. The topological polar surface area (TPSA) is 62.3 Å². The lowest BCUT2D eigenvalue weighted by Crippen LogP contribution is -2.35. The first-order valence-electron chi connectivity index (χ1n) is 7.91. The van der Waals surface area contributed by atoms with Crippen LogP contribution < -0.4 is 5.73 Å². The lowest BCUT2D eigenvalue weighted by Gasteiger charge is -2.36. The second-order valence-corrected chi connectivity index (χ2v) is 7.79. The van der Waals surface area contributed by atoms with Crippen LogP contribution in [0, 0.1) is 11.3 Å². The van der Waals surface area contributed by atoms with Crippen LogP contribution in [0.3, 0.4) is 0 Å². The summed E-state index contributed by atoms with van der Waals surface area (Å²) in [4.78, 5) is 2.25. The Labute approximate surface area is 154 Å². The summed E-state index contributed by atoms with van der Waals surface area (Å²) in [7, 11) is 2.09. The van der Waals surface area contributed by atoms with Crippen molar-refractivity contribution in [3.63, 3.8) is 0 Å². The van der Waals surface area contributed by atoms with E-state index in [0.29, 0.717) is 5.57 Å². The first-order chi connectivity index (χ1) is 12.2. The van der Waals surface area contributed by atoms with Crippen LogP contribution in [0.5, 0.6) is 0 Å². The molecule has 2 aromatic heterocycles. The van der Waals surface area contributed by atoms with Crippen molar-refractivity contribution in [2.24, 2.45) is 5.73 Å². The van der Waals surface area contributed by atoms with E-state index in [9.17, 15) is 5.26 Å². The molecule has 4 rings (SSSR count). The molecule has 2 N–H and O–H groups in total. The SMILES string of the molecule is CN1CC2=C(OC(N)=C(C#N)C2c2ccsc2)/C(=C/c2ccsc2)C1. The van der Waals surface area contributed by atoms with Gasteiger partial charge in [-0.3, -0.25) is 4.90 Å². The van der Waals surface area contributed by atoms with Crippen LogP contribution in [-0.2, 0) is 4.74 Å². The van der Waals surface area contributed by atoms with Gasteiger partial charge in [-0.2, -0.15) is 27.9 Å². The second-order valence-electron chi connectivity index (χ2n) is 6.23. The molecule has 25 heavy (non-hydrogen) atoms. The van der Waals surface area contributed by atoms with Crippen molar-refractivity contribution in [1.29, 1.82) is 5.26 Å². The molecular weight excluding hydrogens is 350 g/mol. The molecular formula is C19H17N3OS2. The van der Waals surface area contributed by atoms with Crippen LogP contribution in [0.2, 0.25) is 0 Å². The van der Waals surface area contributed by atoms with E-state index in [1.54, 1.807) is 22.7 Å². The highest BCUT2D eigenvalue weighted by atomic mass is 32.1. The Hall–Kier alpha value is -2.33. The number of rotatable bonds is 2. The van der Waals surface area contributed by atoms with Crippen molar-refractivity contribution in [3.8, 4) is 6.07 Å². The van der Waals surface area contributed by atoms with E-state index < -0.39 is 0 Å². The summed E-state index contributed by atoms with van der Waals surface area (Å²) in [6, 6.07) is 6.42. The fourth-order valence-corrected chi connectivity index (χ4v) is 4.72. The Morgan fingerprint density at radius 1 is 1.28 bits per heavy atom. The fourth-order valence-electron chi connectivity index (χ4n) is 3.42. The second kappa shape index (κ2) is 6.52. The van der Waals surface area contributed by atoms with Crippen LogP contribution >= 0.6 is 22.7 Å². The van der Waals surface area contributed by atoms with Crippen molar-refractivity contribution in [2.75, 3.05) is 20.1 Å². The highest BCUT2D eigenvalue weighted by Gasteiger charge is 2.37. The average molecular weight is 367 g/mol. The zero-order valence-corrected chi connectivity index (χ0v) is 15.4. The number of nitriles is 1. The molecule has 2 aromatic rings. The van der Waals surface area contributed by atoms with Crippen molar-refractivity contribution < 1.29 is 4.74 Å². The number of hydrogen-bond acceptors (Lipinski definition) is 6. The summed E-state index contributed by atoms with van der Waals surface area (Å²) in [5.74, 6) is 0.920. The van der Waals surface area contributed by atoms with Crippen molar-refractivity contribution >= 4 is 28.7 Å². The Bertz CT molecular complexity index is 915. The quantitative estimate of drug-likeness (QED) is 0.874.